The fourth-order valence-corrected chi connectivity index (χ4v) is 8.46. The highest BCUT2D eigenvalue weighted by Gasteiger charge is 2.24. The minimum absolute atomic E-state index is 0.220. The van der Waals surface area contributed by atoms with Gasteiger partial charge in [0.05, 0.1) is 18.8 Å². The van der Waals surface area contributed by atoms with E-state index in [1.807, 2.05) is 6.08 Å². The van der Waals surface area contributed by atoms with Crippen LogP contribution in [0.2, 0.25) is 0 Å². The summed E-state index contributed by atoms with van der Waals surface area (Å²) in [7, 11) is -4.71. The second-order valence-corrected chi connectivity index (χ2v) is 19.1. The third-order valence-corrected chi connectivity index (χ3v) is 12.5. The molecule has 58 heavy (non-hydrogen) atoms. The Labute approximate surface area is 361 Å². The molecule has 0 saturated heterocycles. The maximum Gasteiger partial charge on any atom is 0.469 e. The molecular weight excluding hydrogens is 742 g/mol. The Morgan fingerprint density at radius 1 is 0.483 bits per heavy atom. The average Bonchev–Trinajstić information content (AvgIpc) is 3.20. The van der Waals surface area contributed by atoms with Gasteiger partial charge in [0, 0.05) is 6.42 Å². The molecule has 8 heteroatoms. The van der Waals surface area contributed by atoms with E-state index in [1.165, 1.54) is 225 Å². The van der Waals surface area contributed by atoms with Gasteiger partial charge in [-0.1, -0.05) is 270 Å². The van der Waals surface area contributed by atoms with Crippen molar-refractivity contribution in [3.8, 4) is 0 Å². The van der Waals surface area contributed by atoms with Crippen LogP contribution < -0.4 is 5.32 Å². The molecule has 0 aliphatic carbocycles. The minimum Gasteiger partial charge on any atom is -0.387 e. The second kappa shape index (κ2) is 45.8. The Kier molecular flexibility index (Phi) is 45.2. The number of phosphoric ester groups is 1. The van der Waals surface area contributed by atoms with Crippen molar-refractivity contribution < 1.29 is 28.8 Å². The molecule has 0 radical (unpaired) electrons. The molecule has 4 N–H and O–H groups in total. The molecule has 0 aromatic rings. The lowest BCUT2D eigenvalue weighted by molar-refractivity contribution is -0.123. The maximum atomic E-state index is 12.6. The van der Waals surface area contributed by atoms with Crippen LogP contribution in [0, 0.1) is 0 Å². The van der Waals surface area contributed by atoms with Gasteiger partial charge in [-0.2, -0.15) is 0 Å². The maximum absolute atomic E-state index is 12.6. The highest BCUT2D eigenvalue weighted by Crippen LogP contribution is 2.36. The monoisotopic (exact) mass is 842 g/mol. The molecule has 0 fully saturated rings. The highest BCUT2D eigenvalue weighted by atomic mass is 31.2. The average molecular weight is 842 g/mol. The van der Waals surface area contributed by atoms with Gasteiger partial charge >= 0.3 is 7.82 Å². The molecule has 0 spiro atoms. The van der Waals surface area contributed by atoms with Gasteiger partial charge in [0.1, 0.15) is 0 Å². The van der Waals surface area contributed by atoms with Crippen LogP contribution >= 0.6 is 7.82 Å². The predicted molar refractivity (Wildman–Crippen MR) is 250 cm³/mol. The van der Waals surface area contributed by atoms with E-state index in [0.29, 0.717) is 6.42 Å². The van der Waals surface area contributed by atoms with Gasteiger partial charge in [0.15, 0.2) is 0 Å². The Balaban J connectivity index is 3.70. The Morgan fingerprint density at radius 3 is 1.05 bits per heavy atom. The molecular formula is C50H100NO6P. The van der Waals surface area contributed by atoms with E-state index in [0.717, 1.165) is 38.5 Å². The molecule has 7 nitrogen and oxygen atoms in total. The lowest BCUT2D eigenvalue weighted by Gasteiger charge is -2.22. The van der Waals surface area contributed by atoms with E-state index < -0.39 is 26.6 Å². The molecule has 1 amide bonds. The number of aliphatic hydroxyl groups is 1. The largest absolute Gasteiger partial charge is 0.469 e. The fraction of sp³-hybridized carbons (Fsp3) is 0.940. The zero-order valence-electron chi connectivity index (χ0n) is 38.7. The number of allylic oxidation sites excluding steroid dienone is 1. The first-order valence-electron chi connectivity index (χ1n) is 25.6. The van der Waals surface area contributed by atoms with Gasteiger partial charge in [-0.25, -0.2) is 4.57 Å². The van der Waals surface area contributed by atoms with Crippen molar-refractivity contribution in [3.63, 3.8) is 0 Å². The lowest BCUT2D eigenvalue weighted by Crippen LogP contribution is -2.45. The van der Waals surface area contributed by atoms with Gasteiger partial charge in [0.25, 0.3) is 0 Å². The fourth-order valence-electron chi connectivity index (χ4n) is 8.11. The lowest BCUT2D eigenvalue weighted by atomic mass is 10.0. The van der Waals surface area contributed by atoms with Crippen LogP contribution in [0.1, 0.15) is 284 Å². The topological polar surface area (TPSA) is 116 Å². The van der Waals surface area contributed by atoms with Crippen LogP contribution in [0.4, 0.5) is 0 Å². The van der Waals surface area contributed by atoms with Crippen LogP contribution in [0.15, 0.2) is 12.2 Å². The third kappa shape index (κ3) is 46.3. The molecule has 346 valence electrons. The van der Waals surface area contributed by atoms with E-state index in [4.69, 9.17) is 0 Å². The number of nitrogens with one attached hydrogen (secondary N) is 1. The highest BCUT2D eigenvalue weighted by molar-refractivity contribution is 7.46. The van der Waals surface area contributed by atoms with E-state index >= 15 is 0 Å². The standard InChI is InChI=1S/C50H100NO6P/c1-3-5-7-9-11-13-15-17-18-19-20-21-22-23-24-25-26-27-28-29-30-31-32-34-36-38-40-42-44-46-50(53)51-48(47-57-58(54,55)56)49(52)45-43-41-39-37-35-33-16-14-12-10-8-6-4-2/h43,45,48-49,52H,3-42,44,46-47H2,1-2H3,(H,51,53)(H2,54,55,56)/b45-43+/t48-,49+/m0/s1. The molecule has 0 heterocycles. The predicted octanol–water partition coefficient (Wildman–Crippen LogP) is 15.9. The second-order valence-electron chi connectivity index (χ2n) is 17.9. The molecule has 0 aromatic carbocycles. The number of hydrogen-bond acceptors (Lipinski definition) is 4. The first-order valence-corrected chi connectivity index (χ1v) is 27.2. The Morgan fingerprint density at radius 2 is 0.759 bits per heavy atom. The van der Waals surface area contributed by atoms with Gasteiger partial charge in [-0.15, -0.1) is 0 Å². The van der Waals surface area contributed by atoms with Gasteiger partial charge in [-0.3, -0.25) is 9.32 Å². The quantitative estimate of drug-likeness (QED) is 0.0275. The summed E-state index contributed by atoms with van der Waals surface area (Å²) in [6.07, 6.45) is 57.0. The van der Waals surface area contributed by atoms with Gasteiger partial charge in [0.2, 0.25) is 5.91 Å². The summed E-state index contributed by atoms with van der Waals surface area (Å²) in [4.78, 5) is 31.0. The van der Waals surface area contributed by atoms with E-state index in [1.54, 1.807) is 6.08 Å². The first-order chi connectivity index (χ1) is 28.3. The van der Waals surface area contributed by atoms with Crippen LogP contribution in [0.3, 0.4) is 0 Å². The summed E-state index contributed by atoms with van der Waals surface area (Å²) in [5.41, 5.74) is 0. The molecule has 0 aliphatic rings. The summed E-state index contributed by atoms with van der Waals surface area (Å²) < 4.78 is 16.0. The van der Waals surface area contributed by atoms with Crippen molar-refractivity contribution in [2.45, 2.75) is 296 Å². The zero-order chi connectivity index (χ0) is 42.5. The van der Waals surface area contributed by atoms with Crippen molar-refractivity contribution in [2.24, 2.45) is 0 Å². The van der Waals surface area contributed by atoms with Crippen molar-refractivity contribution in [1.29, 1.82) is 0 Å². The molecule has 0 bridgehead atoms. The van der Waals surface area contributed by atoms with Crippen LogP contribution in [-0.4, -0.2) is 39.6 Å². The van der Waals surface area contributed by atoms with E-state index in [9.17, 15) is 24.3 Å². The minimum atomic E-state index is -4.71. The number of hydrogen-bond donors (Lipinski definition) is 4. The Bertz CT molecular complexity index is 911. The molecule has 0 aromatic heterocycles. The Hall–Kier alpha value is -0.720. The number of unbranched alkanes of at least 4 members (excludes halogenated alkanes) is 39. The van der Waals surface area contributed by atoms with Gasteiger partial charge in [-0.05, 0) is 19.3 Å². The number of phosphoric acid groups is 1. The first kappa shape index (κ1) is 57.3. The van der Waals surface area contributed by atoms with Crippen LogP contribution in [0.25, 0.3) is 0 Å². The van der Waals surface area contributed by atoms with Crippen LogP contribution in [-0.2, 0) is 13.9 Å². The summed E-state index contributed by atoms with van der Waals surface area (Å²) in [6, 6.07) is -0.905. The number of carbonyl (C=O) groups excluding carboxylic acids is 1. The third-order valence-electron chi connectivity index (χ3n) is 12.0. The number of rotatable bonds is 48. The van der Waals surface area contributed by atoms with Crippen molar-refractivity contribution in [3.05, 3.63) is 12.2 Å². The molecule has 0 unspecified atom stereocenters. The number of aliphatic hydroxyl groups excluding tert-OH is 1. The van der Waals surface area contributed by atoms with E-state index in [-0.39, 0.29) is 5.91 Å². The SMILES string of the molecule is CCCCCCCCCCCCC/C=C/[C@@H](O)[C@H](COP(=O)(O)O)NC(=O)CCCCCCCCCCCCCCCCCCCCCCCCCCCCCCC. The summed E-state index contributed by atoms with van der Waals surface area (Å²) in [5, 5.41) is 13.4. The number of carbonyl (C=O) groups is 1. The molecule has 0 aliphatic heterocycles. The van der Waals surface area contributed by atoms with Crippen molar-refractivity contribution in [2.75, 3.05) is 6.61 Å². The molecule has 0 saturated carbocycles. The van der Waals surface area contributed by atoms with Crippen molar-refractivity contribution >= 4 is 13.7 Å². The van der Waals surface area contributed by atoms with Gasteiger partial charge < -0.3 is 20.2 Å². The zero-order valence-corrected chi connectivity index (χ0v) is 39.6. The normalized spacial score (nSPS) is 13.1. The number of amides is 1. The molecule has 0 rings (SSSR count). The van der Waals surface area contributed by atoms with Crippen molar-refractivity contribution in [1.82, 2.24) is 5.32 Å². The summed E-state index contributed by atoms with van der Waals surface area (Å²) in [5.74, 6) is -0.220. The van der Waals surface area contributed by atoms with E-state index in [2.05, 4.69) is 23.7 Å². The summed E-state index contributed by atoms with van der Waals surface area (Å²) in [6.45, 7) is 4.10. The summed E-state index contributed by atoms with van der Waals surface area (Å²) >= 11 is 0. The molecule has 2 atom stereocenters. The van der Waals surface area contributed by atoms with Crippen LogP contribution in [0.5, 0.6) is 0 Å². The smallest absolute Gasteiger partial charge is 0.387 e.